The normalized spacial score (nSPS) is 18.3. The number of aliphatic hydroxyl groups is 2. The maximum Gasteiger partial charge on any atom is 0.191 e. The van der Waals surface area contributed by atoms with E-state index in [9.17, 15) is 10.2 Å². The number of hydrogen-bond acceptors (Lipinski definition) is 5. The first-order valence-corrected chi connectivity index (χ1v) is 30.8. The molecule has 0 amide bonds. The smallest absolute Gasteiger partial charge is 0.191 e. The summed E-state index contributed by atoms with van der Waals surface area (Å²) in [5, 5.41) is 20.2. The van der Waals surface area contributed by atoms with E-state index in [-0.39, 0.29) is 35.0 Å². The van der Waals surface area contributed by atoms with E-state index < -0.39 is 16.6 Å². The standard InChI is InChI=1S/C55H87FO5Si2/c1-12-41-34-46(51-29-26-45(37-52(51)56)44-24-22-43(23-25-44)42-18-14-13-15-19-42)27-28-50(41)49-35-47(20-16-31-57)53(48(36-49)21-17-32-58)59-33-30-40(38-60-62(8,9)54(2,3)4)39-61-63(10,11)55(5,6)7/h26-29,34-37,40,42-44,57-58H,12-25,30-33,38-39H2,1-11H3. The van der Waals surface area contributed by atoms with Crippen molar-refractivity contribution in [2.24, 2.45) is 17.8 Å². The van der Waals surface area contributed by atoms with E-state index in [0.717, 1.165) is 63.8 Å². The summed E-state index contributed by atoms with van der Waals surface area (Å²) in [5.41, 5.74) is 8.26. The van der Waals surface area contributed by atoms with Crippen LogP contribution in [-0.4, -0.2) is 59.9 Å². The number of ether oxygens (including phenoxy) is 1. The molecule has 63 heavy (non-hydrogen) atoms. The molecule has 0 spiro atoms. The van der Waals surface area contributed by atoms with Crippen LogP contribution < -0.4 is 4.74 Å². The lowest BCUT2D eigenvalue weighted by atomic mass is 9.70. The van der Waals surface area contributed by atoms with Crippen LogP contribution in [0.25, 0.3) is 22.3 Å². The van der Waals surface area contributed by atoms with Crippen molar-refractivity contribution in [3.63, 3.8) is 0 Å². The first-order chi connectivity index (χ1) is 29.8. The van der Waals surface area contributed by atoms with Crippen molar-refractivity contribution in [3.05, 3.63) is 76.6 Å². The summed E-state index contributed by atoms with van der Waals surface area (Å²) < 4.78 is 36.5. The van der Waals surface area contributed by atoms with Crippen molar-refractivity contribution in [2.75, 3.05) is 33.0 Å². The van der Waals surface area contributed by atoms with Gasteiger partial charge in [0.2, 0.25) is 0 Å². The molecule has 0 unspecified atom stereocenters. The molecule has 3 aromatic rings. The van der Waals surface area contributed by atoms with Crippen molar-refractivity contribution >= 4 is 16.6 Å². The van der Waals surface area contributed by atoms with Crippen LogP contribution in [-0.2, 0) is 28.1 Å². The van der Waals surface area contributed by atoms with Crippen molar-refractivity contribution in [1.82, 2.24) is 0 Å². The molecule has 0 radical (unpaired) electrons. The number of aliphatic hydroxyl groups excluding tert-OH is 2. The van der Waals surface area contributed by atoms with Crippen LogP contribution in [0.1, 0.15) is 154 Å². The van der Waals surface area contributed by atoms with E-state index in [0.29, 0.717) is 57.0 Å². The van der Waals surface area contributed by atoms with Gasteiger partial charge >= 0.3 is 0 Å². The zero-order valence-electron chi connectivity index (χ0n) is 41.6. The predicted molar refractivity (Wildman–Crippen MR) is 269 cm³/mol. The van der Waals surface area contributed by atoms with Gasteiger partial charge in [-0.05, 0) is 175 Å². The molecule has 352 valence electrons. The van der Waals surface area contributed by atoms with Crippen LogP contribution in [0.2, 0.25) is 36.3 Å². The summed E-state index contributed by atoms with van der Waals surface area (Å²) in [4.78, 5) is 0. The molecule has 2 N–H and O–H groups in total. The van der Waals surface area contributed by atoms with Crippen LogP contribution >= 0.6 is 0 Å². The molecule has 0 saturated heterocycles. The monoisotopic (exact) mass is 903 g/mol. The van der Waals surface area contributed by atoms with Gasteiger partial charge in [0.05, 0.1) is 6.61 Å². The molecular formula is C55H87FO5Si2. The van der Waals surface area contributed by atoms with Crippen LogP contribution in [0.5, 0.6) is 5.75 Å². The van der Waals surface area contributed by atoms with Crippen molar-refractivity contribution < 1.29 is 28.2 Å². The minimum absolute atomic E-state index is 0.0916. The van der Waals surface area contributed by atoms with E-state index in [1.807, 2.05) is 12.1 Å². The molecule has 8 heteroatoms. The molecule has 3 aromatic carbocycles. The molecular weight excluding hydrogens is 816 g/mol. The molecule has 0 aliphatic heterocycles. The Morgan fingerprint density at radius 1 is 0.651 bits per heavy atom. The number of hydrogen-bond donors (Lipinski definition) is 2. The molecule has 0 bridgehead atoms. The predicted octanol–water partition coefficient (Wildman–Crippen LogP) is 14.9. The summed E-state index contributed by atoms with van der Waals surface area (Å²) in [6, 6.07) is 16.9. The highest BCUT2D eigenvalue weighted by Crippen LogP contribution is 2.44. The highest BCUT2D eigenvalue weighted by Gasteiger charge is 2.40. The Balaban J connectivity index is 1.37. The molecule has 5 nitrogen and oxygen atoms in total. The zero-order valence-corrected chi connectivity index (χ0v) is 43.6. The van der Waals surface area contributed by atoms with Gasteiger partial charge in [-0.25, -0.2) is 4.39 Å². The van der Waals surface area contributed by atoms with Gasteiger partial charge in [0.1, 0.15) is 11.6 Å². The summed E-state index contributed by atoms with van der Waals surface area (Å²) in [5.74, 6) is 3.17. The second-order valence-electron chi connectivity index (χ2n) is 22.4. The second kappa shape index (κ2) is 22.9. The topological polar surface area (TPSA) is 68.2 Å². The lowest BCUT2D eigenvalue weighted by molar-refractivity contribution is 0.135. The minimum Gasteiger partial charge on any atom is -0.493 e. The number of aryl methyl sites for hydroxylation is 3. The van der Waals surface area contributed by atoms with Crippen LogP contribution in [0.3, 0.4) is 0 Å². The third-order valence-electron chi connectivity index (χ3n) is 15.9. The molecule has 0 aromatic heterocycles. The fourth-order valence-corrected chi connectivity index (χ4v) is 11.7. The van der Waals surface area contributed by atoms with Crippen molar-refractivity contribution in [1.29, 1.82) is 0 Å². The largest absolute Gasteiger partial charge is 0.493 e. The highest BCUT2D eigenvalue weighted by atomic mass is 28.4. The van der Waals surface area contributed by atoms with Crippen LogP contribution in [0, 0.1) is 23.6 Å². The maximum atomic E-state index is 16.1. The van der Waals surface area contributed by atoms with Gasteiger partial charge in [-0.2, -0.15) is 0 Å². The fourth-order valence-electron chi connectivity index (χ4n) is 9.52. The van der Waals surface area contributed by atoms with Gasteiger partial charge in [-0.3, -0.25) is 0 Å². The average molecular weight is 903 g/mol. The van der Waals surface area contributed by atoms with Crippen LogP contribution in [0.4, 0.5) is 4.39 Å². The van der Waals surface area contributed by atoms with Crippen LogP contribution in [0.15, 0.2) is 48.5 Å². The molecule has 0 atom stereocenters. The molecule has 2 aliphatic rings. The second-order valence-corrected chi connectivity index (χ2v) is 32.0. The van der Waals surface area contributed by atoms with Crippen molar-refractivity contribution in [3.8, 4) is 28.0 Å². The third kappa shape index (κ3) is 13.9. The van der Waals surface area contributed by atoms with Gasteiger partial charge in [0.25, 0.3) is 0 Å². The Morgan fingerprint density at radius 3 is 1.68 bits per heavy atom. The Morgan fingerprint density at radius 2 is 1.17 bits per heavy atom. The summed E-state index contributed by atoms with van der Waals surface area (Å²) in [6.45, 7) is 27.1. The average Bonchev–Trinajstić information content (AvgIpc) is 3.25. The van der Waals surface area contributed by atoms with E-state index in [2.05, 4.69) is 111 Å². The molecule has 2 aliphatic carbocycles. The Kier molecular flexibility index (Phi) is 18.8. The van der Waals surface area contributed by atoms with E-state index in [1.165, 1.54) is 63.4 Å². The molecule has 0 heterocycles. The van der Waals surface area contributed by atoms with E-state index >= 15 is 4.39 Å². The molecule has 2 fully saturated rings. The molecule has 5 rings (SSSR count). The van der Waals surface area contributed by atoms with E-state index in [4.69, 9.17) is 13.6 Å². The van der Waals surface area contributed by atoms with Gasteiger partial charge in [0, 0.05) is 37.9 Å². The zero-order chi connectivity index (χ0) is 46.0. The van der Waals surface area contributed by atoms with Gasteiger partial charge in [-0.15, -0.1) is 0 Å². The minimum atomic E-state index is -1.97. The van der Waals surface area contributed by atoms with Gasteiger partial charge in [0.15, 0.2) is 16.6 Å². The van der Waals surface area contributed by atoms with Gasteiger partial charge in [-0.1, -0.05) is 111 Å². The number of rotatable bonds is 21. The fraction of sp³-hybridized carbons (Fsp3) is 0.673. The third-order valence-corrected chi connectivity index (χ3v) is 24.9. The Labute approximate surface area is 385 Å². The SMILES string of the molecule is CCc1cc(-c2ccc(C3CCC(C4CCCCC4)CC3)cc2F)ccc1-c1cc(CCCO)c(OCCC(CO[Si](C)(C)C(C)(C)C)CO[Si](C)(C)C(C)(C)C)c(CCCO)c1. The van der Waals surface area contributed by atoms with Crippen molar-refractivity contribution in [2.45, 2.75) is 187 Å². The van der Waals surface area contributed by atoms with E-state index in [1.54, 1.807) is 0 Å². The lowest BCUT2D eigenvalue weighted by Gasteiger charge is -2.39. The summed E-state index contributed by atoms with van der Waals surface area (Å²) >= 11 is 0. The summed E-state index contributed by atoms with van der Waals surface area (Å²) in [6.07, 6.45) is 16.2. The molecule has 2 saturated carbocycles. The maximum absolute atomic E-state index is 16.1. The number of benzene rings is 3. The number of halogens is 1. The van der Waals surface area contributed by atoms with Gasteiger partial charge < -0.3 is 23.8 Å². The Hall–Kier alpha value is -2.34. The summed E-state index contributed by atoms with van der Waals surface area (Å²) in [7, 11) is -3.94. The highest BCUT2D eigenvalue weighted by molar-refractivity contribution is 6.74. The first kappa shape index (κ1) is 51.6. The Bertz CT molecular complexity index is 1820. The first-order valence-electron chi connectivity index (χ1n) is 25.0. The lowest BCUT2D eigenvalue weighted by Crippen LogP contribution is -2.44. The quantitative estimate of drug-likeness (QED) is 0.104.